The second-order valence-corrected chi connectivity index (χ2v) is 2.02. The van der Waals surface area contributed by atoms with E-state index in [0.29, 0.717) is 6.61 Å². The molecule has 1 rings (SSSR count). The number of nitrogens with one attached hydrogen (secondary N) is 1. The maximum absolute atomic E-state index is 5.07. The molecule has 0 bridgehead atoms. The van der Waals surface area contributed by atoms with Gasteiger partial charge in [0.05, 0.1) is 19.3 Å². The molecule has 0 aliphatic carbocycles. The molecule has 1 aliphatic heterocycles. The molecule has 0 saturated carbocycles. The van der Waals surface area contributed by atoms with Gasteiger partial charge in [0.2, 0.25) is 0 Å². The molecule has 1 heterocycles. The van der Waals surface area contributed by atoms with Crippen molar-refractivity contribution >= 4 is 0 Å². The van der Waals surface area contributed by atoms with E-state index in [9.17, 15) is 0 Å². The molecule has 0 amide bonds. The molecule has 1 aliphatic rings. The van der Waals surface area contributed by atoms with Crippen LogP contribution < -0.4 is 5.32 Å². The molecule has 0 aromatic rings. The number of morpholine rings is 1. The van der Waals surface area contributed by atoms with Crippen LogP contribution in [0.5, 0.6) is 0 Å². The summed E-state index contributed by atoms with van der Waals surface area (Å²) in [5, 5.41) is 3.21. The van der Waals surface area contributed by atoms with Crippen LogP contribution in [-0.4, -0.2) is 32.9 Å². The Bertz CT molecular complexity index is 68.7. The average molecular weight is 130 g/mol. The van der Waals surface area contributed by atoms with Crippen molar-refractivity contribution in [1.29, 1.82) is 0 Å². The summed E-state index contributed by atoms with van der Waals surface area (Å²) >= 11 is 0. The SMILES string of the molecule is COCC1[CH]OCCN1. The topological polar surface area (TPSA) is 30.5 Å². The molecule has 0 aromatic carbocycles. The van der Waals surface area contributed by atoms with E-state index in [1.54, 1.807) is 13.7 Å². The first kappa shape index (κ1) is 6.99. The van der Waals surface area contributed by atoms with Crippen molar-refractivity contribution in [1.82, 2.24) is 5.32 Å². The zero-order valence-corrected chi connectivity index (χ0v) is 5.59. The van der Waals surface area contributed by atoms with Crippen LogP contribution in [0.25, 0.3) is 0 Å². The standard InChI is InChI=1S/C6H12NO2/c1-8-4-6-5-9-3-2-7-6/h5-7H,2-4H2,1H3. The summed E-state index contributed by atoms with van der Waals surface area (Å²) < 4.78 is 9.97. The second kappa shape index (κ2) is 3.82. The number of methoxy groups -OCH3 is 1. The van der Waals surface area contributed by atoms with Crippen LogP contribution >= 0.6 is 0 Å². The van der Waals surface area contributed by atoms with E-state index in [4.69, 9.17) is 9.47 Å². The third kappa shape index (κ3) is 2.30. The van der Waals surface area contributed by atoms with Crippen molar-refractivity contribution in [3.05, 3.63) is 6.61 Å². The molecule has 3 heteroatoms. The third-order valence-electron chi connectivity index (χ3n) is 1.23. The van der Waals surface area contributed by atoms with Crippen LogP contribution in [0.4, 0.5) is 0 Å². The van der Waals surface area contributed by atoms with Gasteiger partial charge in [-0.05, 0) is 0 Å². The van der Waals surface area contributed by atoms with Gasteiger partial charge in [0.25, 0.3) is 0 Å². The molecule has 1 atom stereocenters. The van der Waals surface area contributed by atoms with Crippen LogP contribution in [0.1, 0.15) is 0 Å². The Balaban J connectivity index is 2.08. The maximum Gasteiger partial charge on any atom is 0.103 e. The second-order valence-electron chi connectivity index (χ2n) is 2.02. The molecule has 0 aromatic heterocycles. The van der Waals surface area contributed by atoms with E-state index in [0.717, 1.165) is 13.2 Å². The average Bonchev–Trinajstić information content (AvgIpc) is 1.91. The minimum Gasteiger partial charge on any atom is -0.383 e. The lowest BCUT2D eigenvalue weighted by Gasteiger charge is -2.21. The van der Waals surface area contributed by atoms with Crippen LogP contribution in [-0.2, 0) is 9.47 Å². The minimum atomic E-state index is 0.281. The van der Waals surface area contributed by atoms with Crippen LogP contribution in [0.2, 0.25) is 0 Å². The fourth-order valence-corrected chi connectivity index (χ4v) is 0.813. The Labute approximate surface area is 55.3 Å². The van der Waals surface area contributed by atoms with E-state index in [1.165, 1.54) is 0 Å². The Hall–Kier alpha value is -0.120. The molecule has 1 N–H and O–H groups in total. The van der Waals surface area contributed by atoms with Crippen molar-refractivity contribution in [2.45, 2.75) is 6.04 Å². The molecule has 1 saturated heterocycles. The first-order chi connectivity index (χ1) is 4.43. The lowest BCUT2D eigenvalue weighted by molar-refractivity contribution is 0.0897. The van der Waals surface area contributed by atoms with Crippen molar-refractivity contribution in [3.8, 4) is 0 Å². The number of ether oxygens (including phenoxy) is 2. The third-order valence-corrected chi connectivity index (χ3v) is 1.23. The van der Waals surface area contributed by atoms with Crippen LogP contribution in [0.3, 0.4) is 0 Å². The van der Waals surface area contributed by atoms with Gasteiger partial charge in [-0.15, -0.1) is 0 Å². The largest absolute Gasteiger partial charge is 0.383 e. The highest BCUT2D eigenvalue weighted by Gasteiger charge is 2.11. The number of hydrogen-bond acceptors (Lipinski definition) is 3. The van der Waals surface area contributed by atoms with Gasteiger partial charge in [-0.1, -0.05) is 0 Å². The van der Waals surface area contributed by atoms with E-state index < -0.39 is 0 Å². The smallest absolute Gasteiger partial charge is 0.103 e. The lowest BCUT2D eigenvalue weighted by Crippen LogP contribution is -2.40. The van der Waals surface area contributed by atoms with Gasteiger partial charge in [0, 0.05) is 13.7 Å². The lowest BCUT2D eigenvalue weighted by atomic mass is 10.3. The summed E-state index contributed by atoms with van der Waals surface area (Å²) in [4.78, 5) is 0. The molecule has 0 spiro atoms. The fraction of sp³-hybridized carbons (Fsp3) is 0.833. The summed E-state index contributed by atoms with van der Waals surface area (Å²) in [6.45, 7) is 4.18. The molecular weight excluding hydrogens is 118 g/mol. The number of rotatable bonds is 2. The van der Waals surface area contributed by atoms with Crippen molar-refractivity contribution < 1.29 is 9.47 Å². The van der Waals surface area contributed by atoms with Gasteiger partial charge in [-0.25, -0.2) is 0 Å². The van der Waals surface area contributed by atoms with E-state index in [2.05, 4.69) is 5.32 Å². The molecular formula is C6H12NO2. The first-order valence-corrected chi connectivity index (χ1v) is 3.11. The highest BCUT2D eigenvalue weighted by molar-refractivity contribution is 4.78. The zero-order valence-electron chi connectivity index (χ0n) is 5.59. The van der Waals surface area contributed by atoms with E-state index >= 15 is 0 Å². The zero-order chi connectivity index (χ0) is 6.53. The Morgan fingerprint density at radius 2 is 2.78 bits per heavy atom. The normalized spacial score (nSPS) is 28.3. The van der Waals surface area contributed by atoms with Crippen LogP contribution in [0, 0.1) is 6.61 Å². The summed E-state index contributed by atoms with van der Waals surface area (Å²) in [5.41, 5.74) is 0. The summed E-state index contributed by atoms with van der Waals surface area (Å²) in [6.07, 6.45) is 0. The van der Waals surface area contributed by atoms with Crippen molar-refractivity contribution in [2.24, 2.45) is 0 Å². The quantitative estimate of drug-likeness (QED) is 0.560. The van der Waals surface area contributed by atoms with Gasteiger partial charge in [-0.2, -0.15) is 0 Å². The van der Waals surface area contributed by atoms with Gasteiger partial charge in [0.1, 0.15) is 6.61 Å². The summed E-state index contributed by atoms with van der Waals surface area (Å²) in [7, 11) is 1.68. The summed E-state index contributed by atoms with van der Waals surface area (Å²) in [6, 6.07) is 0.281. The molecule has 1 fully saturated rings. The minimum absolute atomic E-state index is 0.281. The van der Waals surface area contributed by atoms with E-state index in [1.807, 2.05) is 0 Å². The predicted molar refractivity (Wildman–Crippen MR) is 33.9 cm³/mol. The highest BCUT2D eigenvalue weighted by atomic mass is 16.5. The monoisotopic (exact) mass is 130 g/mol. The van der Waals surface area contributed by atoms with Gasteiger partial charge in [-0.3, -0.25) is 0 Å². The maximum atomic E-state index is 5.07. The molecule has 9 heavy (non-hydrogen) atoms. The van der Waals surface area contributed by atoms with Crippen molar-refractivity contribution in [2.75, 3.05) is 26.9 Å². The van der Waals surface area contributed by atoms with Gasteiger partial charge < -0.3 is 14.8 Å². The first-order valence-electron chi connectivity index (χ1n) is 3.11. The molecule has 3 nitrogen and oxygen atoms in total. The Kier molecular flexibility index (Phi) is 2.97. The summed E-state index contributed by atoms with van der Waals surface area (Å²) in [5.74, 6) is 0. The Morgan fingerprint density at radius 1 is 1.89 bits per heavy atom. The molecule has 1 unspecified atom stereocenters. The van der Waals surface area contributed by atoms with Crippen molar-refractivity contribution in [3.63, 3.8) is 0 Å². The predicted octanol–water partition coefficient (Wildman–Crippen LogP) is -0.217. The highest BCUT2D eigenvalue weighted by Crippen LogP contribution is 1.97. The van der Waals surface area contributed by atoms with E-state index in [-0.39, 0.29) is 6.04 Å². The Morgan fingerprint density at radius 3 is 3.33 bits per heavy atom. The molecule has 1 radical (unpaired) electrons. The molecule has 53 valence electrons. The number of hydrogen-bond donors (Lipinski definition) is 1. The fourth-order valence-electron chi connectivity index (χ4n) is 0.813. The van der Waals surface area contributed by atoms with Gasteiger partial charge in [0.15, 0.2) is 0 Å². The van der Waals surface area contributed by atoms with Gasteiger partial charge >= 0.3 is 0 Å². The van der Waals surface area contributed by atoms with Crippen LogP contribution in [0.15, 0.2) is 0 Å².